The third-order valence-corrected chi connectivity index (χ3v) is 3.78. The van der Waals surface area contributed by atoms with Gasteiger partial charge in [-0.05, 0) is 19.3 Å². The highest BCUT2D eigenvalue weighted by Gasteiger charge is 2.39. The van der Waals surface area contributed by atoms with Crippen LogP contribution in [0, 0.1) is 11.3 Å². The first kappa shape index (κ1) is 11.7. The number of ketones is 1. The maximum atomic E-state index is 12.2. The second-order valence-corrected chi connectivity index (χ2v) is 4.72. The van der Waals surface area contributed by atoms with E-state index in [0.717, 1.165) is 19.3 Å². The topological polar surface area (TPSA) is 43.1 Å². The highest BCUT2D eigenvalue weighted by atomic mass is 16.1. The molecule has 2 N–H and O–H groups in total. The van der Waals surface area contributed by atoms with Crippen molar-refractivity contribution < 1.29 is 4.79 Å². The summed E-state index contributed by atoms with van der Waals surface area (Å²) in [5, 5.41) is 0. The first-order valence-corrected chi connectivity index (χ1v) is 5.90. The molecule has 0 bridgehead atoms. The zero-order valence-electron chi connectivity index (χ0n) is 9.51. The van der Waals surface area contributed by atoms with Crippen LogP contribution in [-0.2, 0) is 4.79 Å². The molecule has 0 aromatic rings. The van der Waals surface area contributed by atoms with Crippen molar-refractivity contribution in [1.29, 1.82) is 0 Å². The van der Waals surface area contributed by atoms with E-state index in [-0.39, 0.29) is 11.3 Å². The molecule has 82 valence electrons. The van der Waals surface area contributed by atoms with Gasteiger partial charge in [-0.3, -0.25) is 4.79 Å². The summed E-state index contributed by atoms with van der Waals surface area (Å²) in [6, 6.07) is 0. The van der Waals surface area contributed by atoms with Crippen LogP contribution in [-0.4, -0.2) is 12.3 Å². The van der Waals surface area contributed by atoms with Crippen LogP contribution >= 0.6 is 0 Å². The summed E-state index contributed by atoms with van der Waals surface area (Å²) < 4.78 is 0. The predicted octanol–water partition coefficient (Wildman–Crippen LogP) is 2.51. The number of hydrogen-bond acceptors (Lipinski definition) is 2. The number of hydrogen-bond donors (Lipinski definition) is 1. The van der Waals surface area contributed by atoms with Gasteiger partial charge in [0.2, 0.25) is 0 Å². The lowest BCUT2D eigenvalue weighted by molar-refractivity contribution is -0.133. The lowest BCUT2D eigenvalue weighted by atomic mass is 9.68. The van der Waals surface area contributed by atoms with Crippen molar-refractivity contribution in [3.05, 3.63) is 0 Å². The smallest absolute Gasteiger partial charge is 0.143 e. The summed E-state index contributed by atoms with van der Waals surface area (Å²) >= 11 is 0. The van der Waals surface area contributed by atoms with Crippen molar-refractivity contribution in [2.45, 2.75) is 52.4 Å². The van der Waals surface area contributed by atoms with E-state index in [4.69, 9.17) is 5.73 Å². The van der Waals surface area contributed by atoms with Gasteiger partial charge >= 0.3 is 0 Å². The van der Waals surface area contributed by atoms with Crippen molar-refractivity contribution in [3.63, 3.8) is 0 Å². The van der Waals surface area contributed by atoms with Crippen LogP contribution < -0.4 is 5.73 Å². The van der Waals surface area contributed by atoms with Crippen LogP contribution in [0.1, 0.15) is 52.4 Å². The molecule has 0 amide bonds. The standard InChI is InChI=1S/C12H23NO/c1-3-10(2)11(14)12(9-13)7-5-4-6-8-12/h10H,3-9,13H2,1-2H3. The van der Waals surface area contributed by atoms with E-state index < -0.39 is 0 Å². The van der Waals surface area contributed by atoms with Crippen molar-refractivity contribution in [2.75, 3.05) is 6.54 Å². The summed E-state index contributed by atoms with van der Waals surface area (Å²) in [5.41, 5.74) is 5.65. The Kier molecular flexibility index (Phi) is 4.11. The van der Waals surface area contributed by atoms with Crippen LogP contribution in [0.25, 0.3) is 0 Å². The molecule has 1 saturated carbocycles. The highest BCUT2D eigenvalue weighted by molar-refractivity contribution is 5.87. The predicted molar refractivity (Wildman–Crippen MR) is 59.0 cm³/mol. The Labute approximate surface area is 87.2 Å². The van der Waals surface area contributed by atoms with Crippen molar-refractivity contribution in [3.8, 4) is 0 Å². The molecule has 14 heavy (non-hydrogen) atoms. The molecular weight excluding hydrogens is 174 g/mol. The van der Waals surface area contributed by atoms with Gasteiger partial charge in [0, 0.05) is 17.9 Å². The van der Waals surface area contributed by atoms with Gasteiger partial charge < -0.3 is 5.73 Å². The number of nitrogens with two attached hydrogens (primary N) is 1. The Morgan fingerprint density at radius 1 is 1.36 bits per heavy atom. The van der Waals surface area contributed by atoms with Gasteiger partial charge in [-0.15, -0.1) is 0 Å². The molecule has 0 aliphatic heterocycles. The molecule has 1 fully saturated rings. The van der Waals surface area contributed by atoms with Gasteiger partial charge in [0.25, 0.3) is 0 Å². The fourth-order valence-corrected chi connectivity index (χ4v) is 2.49. The van der Waals surface area contributed by atoms with E-state index in [9.17, 15) is 4.79 Å². The van der Waals surface area contributed by atoms with Gasteiger partial charge in [-0.2, -0.15) is 0 Å². The van der Waals surface area contributed by atoms with Gasteiger partial charge in [-0.25, -0.2) is 0 Å². The lowest BCUT2D eigenvalue weighted by Gasteiger charge is -2.36. The molecule has 0 heterocycles. The summed E-state index contributed by atoms with van der Waals surface area (Å²) in [7, 11) is 0. The van der Waals surface area contributed by atoms with Crippen LogP contribution in [0.15, 0.2) is 0 Å². The van der Waals surface area contributed by atoms with E-state index in [0.29, 0.717) is 12.3 Å². The van der Waals surface area contributed by atoms with Gasteiger partial charge in [0.1, 0.15) is 5.78 Å². The van der Waals surface area contributed by atoms with E-state index in [1.807, 2.05) is 6.92 Å². The van der Waals surface area contributed by atoms with E-state index >= 15 is 0 Å². The molecule has 1 aliphatic carbocycles. The Hall–Kier alpha value is -0.370. The van der Waals surface area contributed by atoms with E-state index in [1.165, 1.54) is 19.3 Å². The molecule has 1 rings (SSSR count). The monoisotopic (exact) mass is 197 g/mol. The molecule has 1 aliphatic rings. The summed E-state index contributed by atoms with van der Waals surface area (Å²) in [6.07, 6.45) is 6.62. The minimum Gasteiger partial charge on any atom is -0.329 e. The SMILES string of the molecule is CCC(C)C(=O)C1(CN)CCCCC1. The molecular formula is C12H23NO. The molecule has 0 spiro atoms. The van der Waals surface area contributed by atoms with E-state index in [2.05, 4.69) is 6.92 Å². The Balaban J connectivity index is 2.72. The Morgan fingerprint density at radius 3 is 2.36 bits per heavy atom. The molecule has 2 heteroatoms. The van der Waals surface area contributed by atoms with E-state index in [1.54, 1.807) is 0 Å². The molecule has 0 radical (unpaired) electrons. The maximum Gasteiger partial charge on any atom is 0.143 e. The second kappa shape index (κ2) is 4.92. The van der Waals surface area contributed by atoms with Gasteiger partial charge in [0.15, 0.2) is 0 Å². The summed E-state index contributed by atoms with van der Waals surface area (Å²) in [4.78, 5) is 12.2. The Morgan fingerprint density at radius 2 is 1.93 bits per heavy atom. The maximum absolute atomic E-state index is 12.2. The minimum atomic E-state index is -0.159. The largest absolute Gasteiger partial charge is 0.329 e. The van der Waals surface area contributed by atoms with Crippen LogP contribution in [0.5, 0.6) is 0 Å². The fraction of sp³-hybridized carbons (Fsp3) is 0.917. The number of rotatable bonds is 4. The second-order valence-electron chi connectivity index (χ2n) is 4.72. The zero-order valence-corrected chi connectivity index (χ0v) is 9.51. The molecule has 2 nitrogen and oxygen atoms in total. The van der Waals surface area contributed by atoms with Gasteiger partial charge in [-0.1, -0.05) is 33.1 Å². The first-order valence-electron chi connectivity index (χ1n) is 5.90. The third-order valence-electron chi connectivity index (χ3n) is 3.78. The summed E-state index contributed by atoms with van der Waals surface area (Å²) in [5.74, 6) is 0.610. The third kappa shape index (κ3) is 2.17. The quantitative estimate of drug-likeness (QED) is 0.752. The molecule has 0 saturated heterocycles. The molecule has 1 unspecified atom stereocenters. The van der Waals surface area contributed by atoms with Gasteiger partial charge in [0.05, 0.1) is 0 Å². The summed E-state index contributed by atoms with van der Waals surface area (Å²) in [6.45, 7) is 4.67. The molecule has 0 aromatic heterocycles. The highest BCUT2D eigenvalue weighted by Crippen LogP contribution is 2.38. The number of carbonyl (C=O) groups excluding carboxylic acids is 1. The molecule has 0 aromatic carbocycles. The average molecular weight is 197 g/mol. The zero-order chi connectivity index (χ0) is 10.6. The van der Waals surface area contributed by atoms with Crippen molar-refractivity contribution in [2.24, 2.45) is 17.1 Å². The van der Waals surface area contributed by atoms with Crippen LogP contribution in [0.2, 0.25) is 0 Å². The minimum absolute atomic E-state index is 0.159. The molecule has 1 atom stereocenters. The number of carbonyl (C=O) groups is 1. The number of Topliss-reactive ketones (excluding diaryl/α,β-unsaturated/α-hetero) is 1. The Bertz CT molecular complexity index is 194. The van der Waals surface area contributed by atoms with Crippen molar-refractivity contribution >= 4 is 5.78 Å². The fourth-order valence-electron chi connectivity index (χ4n) is 2.49. The van der Waals surface area contributed by atoms with Crippen LogP contribution in [0.3, 0.4) is 0 Å². The van der Waals surface area contributed by atoms with Crippen molar-refractivity contribution in [1.82, 2.24) is 0 Å². The lowest BCUT2D eigenvalue weighted by Crippen LogP contribution is -2.43. The normalized spacial score (nSPS) is 23.1. The average Bonchev–Trinajstić information content (AvgIpc) is 2.28. The first-order chi connectivity index (χ1) is 6.66. The van der Waals surface area contributed by atoms with Crippen LogP contribution in [0.4, 0.5) is 0 Å².